The van der Waals surface area contributed by atoms with E-state index in [4.69, 9.17) is 15.0 Å². The summed E-state index contributed by atoms with van der Waals surface area (Å²) in [5, 5.41) is 0. The van der Waals surface area contributed by atoms with E-state index in [1.165, 1.54) is 5.57 Å². The highest BCUT2D eigenvalue weighted by molar-refractivity contribution is 6.04. The normalized spacial score (nSPS) is 12.9. The van der Waals surface area contributed by atoms with Gasteiger partial charge in [0, 0.05) is 41.1 Å². The highest BCUT2D eigenvalue weighted by Crippen LogP contribution is 2.35. The lowest BCUT2D eigenvalue weighted by molar-refractivity contribution is 1.08. The minimum Gasteiger partial charge on any atom is -0.311 e. The monoisotopic (exact) mass is 593 g/mol. The molecule has 0 N–H and O–H groups in total. The Morgan fingerprint density at radius 1 is 0.565 bits per heavy atom. The van der Waals surface area contributed by atoms with Crippen LogP contribution < -0.4 is 4.90 Å². The Bertz CT molecular complexity index is 2120. The first-order chi connectivity index (χ1) is 22.8. The first kappa shape index (κ1) is 27.5. The third kappa shape index (κ3) is 5.29. The summed E-state index contributed by atoms with van der Waals surface area (Å²) >= 11 is 0. The zero-order chi connectivity index (χ0) is 30.7. The number of nitrogens with zero attached hydrogens (tertiary/aromatic N) is 5. The molecule has 0 atom stereocenters. The van der Waals surface area contributed by atoms with Gasteiger partial charge in [0.1, 0.15) is 5.69 Å². The number of hydrogen-bond acceptors (Lipinski definition) is 4. The van der Waals surface area contributed by atoms with Gasteiger partial charge in [0.2, 0.25) is 0 Å². The molecule has 0 saturated carbocycles. The zero-order valence-electron chi connectivity index (χ0n) is 25.2. The Hall–Kier alpha value is -6.07. The lowest BCUT2D eigenvalue weighted by atomic mass is 9.99. The summed E-state index contributed by atoms with van der Waals surface area (Å²) in [5.41, 5.74) is 11.8. The summed E-state index contributed by atoms with van der Waals surface area (Å²) in [7, 11) is 0. The van der Waals surface area contributed by atoms with E-state index in [0.717, 1.165) is 68.6 Å². The van der Waals surface area contributed by atoms with E-state index >= 15 is 0 Å². The number of rotatable bonds is 7. The lowest BCUT2D eigenvalue weighted by Crippen LogP contribution is -2.11. The van der Waals surface area contributed by atoms with Crippen LogP contribution in [-0.4, -0.2) is 26.8 Å². The van der Waals surface area contributed by atoms with Gasteiger partial charge in [-0.1, -0.05) is 91.0 Å². The molecule has 0 fully saturated rings. The molecule has 0 bridgehead atoms. The second-order valence-electron chi connectivity index (χ2n) is 11.3. The van der Waals surface area contributed by atoms with Crippen molar-refractivity contribution in [3.05, 3.63) is 175 Å². The highest BCUT2D eigenvalue weighted by atomic mass is 15.1. The van der Waals surface area contributed by atoms with Crippen molar-refractivity contribution in [1.82, 2.24) is 14.5 Å². The molecule has 2 aromatic heterocycles. The molecule has 0 spiro atoms. The maximum Gasteiger partial charge on any atom is 0.164 e. The van der Waals surface area contributed by atoms with Gasteiger partial charge in [-0.2, -0.15) is 0 Å². The number of anilines is 3. The Morgan fingerprint density at radius 2 is 1.17 bits per heavy atom. The SMILES string of the molecule is C1=C(c2ccc(-c3nc4ccccc4n3-c3ccccc3)nc2)CN=C(c2ccc(N(c3ccccc3)c3ccccc3)cc2)C1. The molecule has 5 aromatic carbocycles. The number of pyridine rings is 1. The molecular weight excluding hydrogens is 562 g/mol. The fraction of sp³-hybridized carbons (Fsp3) is 0.0488. The van der Waals surface area contributed by atoms with Crippen LogP contribution in [0.2, 0.25) is 0 Å². The summed E-state index contributed by atoms with van der Waals surface area (Å²) < 4.78 is 2.18. The lowest BCUT2D eigenvalue weighted by Gasteiger charge is -2.25. The van der Waals surface area contributed by atoms with E-state index in [0.29, 0.717) is 6.54 Å². The third-order valence-corrected chi connectivity index (χ3v) is 8.41. The Morgan fingerprint density at radius 3 is 1.80 bits per heavy atom. The molecule has 0 saturated heterocycles. The smallest absolute Gasteiger partial charge is 0.164 e. The molecule has 5 nitrogen and oxygen atoms in total. The van der Waals surface area contributed by atoms with Gasteiger partial charge in [0.15, 0.2) is 5.82 Å². The van der Waals surface area contributed by atoms with Crippen molar-refractivity contribution in [3.63, 3.8) is 0 Å². The van der Waals surface area contributed by atoms with Crippen molar-refractivity contribution in [2.75, 3.05) is 11.4 Å². The van der Waals surface area contributed by atoms with Crippen LogP contribution in [0.4, 0.5) is 17.1 Å². The molecule has 46 heavy (non-hydrogen) atoms. The molecule has 0 amide bonds. The van der Waals surface area contributed by atoms with Crippen molar-refractivity contribution in [2.45, 2.75) is 6.42 Å². The van der Waals surface area contributed by atoms with Gasteiger partial charge in [-0.25, -0.2) is 4.98 Å². The standard InChI is InChI=1S/C41H31N5/c1-4-12-33(13-5-1)45(34-14-6-2-7-15-34)36-24-20-30(21-25-36)37-26-22-31(28-42-37)32-23-27-39(43-29-32)41-44-38-18-10-11-19-40(38)46(41)35-16-8-3-9-17-35/h1-25,27,29H,26,28H2. The zero-order valence-corrected chi connectivity index (χ0v) is 25.2. The second-order valence-corrected chi connectivity index (χ2v) is 11.3. The fourth-order valence-corrected chi connectivity index (χ4v) is 6.10. The van der Waals surface area contributed by atoms with Crippen molar-refractivity contribution in [1.29, 1.82) is 0 Å². The van der Waals surface area contributed by atoms with Crippen LogP contribution in [-0.2, 0) is 0 Å². The van der Waals surface area contributed by atoms with Gasteiger partial charge in [-0.15, -0.1) is 0 Å². The average molecular weight is 594 g/mol. The molecule has 1 aliphatic heterocycles. The summed E-state index contributed by atoms with van der Waals surface area (Å²) in [4.78, 5) is 17.1. The minimum atomic E-state index is 0.626. The molecule has 0 unspecified atom stereocenters. The van der Waals surface area contributed by atoms with Gasteiger partial charge in [-0.05, 0) is 83.4 Å². The molecule has 5 heteroatoms. The van der Waals surface area contributed by atoms with Crippen molar-refractivity contribution in [2.24, 2.45) is 4.99 Å². The molecule has 3 heterocycles. The number of dihydropyridines is 1. The number of benzene rings is 5. The van der Waals surface area contributed by atoms with E-state index in [1.54, 1.807) is 0 Å². The molecule has 0 radical (unpaired) electrons. The highest BCUT2D eigenvalue weighted by Gasteiger charge is 2.17. The van der Waals surface area contributed by atoms with Crippen LogP contribution >= 0.6 is 0 Å². The van der Waals surface area contributed by atoms with Crippen LogP contribution in [0.5, 0.6) is 0 Å². The Kier molecular flexibility index (Phi) is 7.25. The molecule has 1 aliphatic rings. The van der Waals surface area contributed by atoms with Crippen molar-refractivity contribution in [3.8, 4) is 17.2 Å². The fourth-order valence-electron chi connectivity index (χ4n) is 6.10. The van der Waals surface area contributed by atoms with Gasteiger partial charge >= 0.3 is 0 Å². The predicted molar refractivity (Wildman–Crippen MR) is 189 cm³/mol. The minimum absolute atomic E-state index is 0.626. The average Bonchev–Trinajstić information content (AvgIpc) is 3.53. The maximum absolute atomic E-state index is 5.00. The Balaban J connectivity index is 1.01. The van der Waals surface area contributed by atoms with Crippen LogP contribution in [0.25, 0.3) is 33.8 Å². The van der Waals surface area contributed by atoms with Gasteiger partial charge in [-0.3, -0.25) is 14.5 Å². The molecular formula is C41H31N5. The van der Waals surface area contributed by atoms with Crippen molar-refractivity contribution >= 4 is 39.4 Å². The summed E-state index contributed by atoms with van der Waals surface area (Å²) in [6.07, 6.45) is 5.01. The first-order valence-electron chi connectivity index (χ1n) is 15.5. The number of hydrogen-bond donors (Lipinski definition) is 0. The van der Waals surface area contributed by atoms with Gasteiger partial charge in [0.05, 0.1) is 17.6 Å². The van der Waals surface area contributed by atoms with E-state index in [9.17, 15) is 0 Å². The third-order valence-electron chi connectivity index (χ3n) is 8.41. The van der Waals surface area contributed by atoms with E-state index in [-0.39, 0.29) is 0 Å². The number of allylic oxidation sites excluding steroid dienone is 1. The molecule has 220 valence electrons. The van der Waals surface area contributed by atoms with E-state index in [2.05, 4.69) is 119 Å². The number of imidazole rings is 1. The first-order valence-corrected chi connectivity index (χ1v) is 15.5. The van der Waals surface area contributed by atoms with E-state index in [1.807, 2.05) is 54.7 Å². The van der Waals surface area contributed by atoms with Gasteiger partial charge < -0.3 is 4.90 Å². The van der Waals surface area contributed by atoms with Crippen LogP contribution in [0.15, 0.2) is 169 Å². The van der Waals surface area contributed by atoms with Crippen LogP contribution in [0.3, 0.4) is 0 Å². The summed E-state index contributed by atoms with van der Waals surface area (Å²) in [5.74, 6) is 0.832. The summed E-state index contributed by atoms with van der Waals surface area (Å²) in [6, 6.07) is 52.4. The quantitative estimate of drug-likeness (QED) is 0.185. The number of aliphatic imine (C=N–C) groups is 1. The number of aromatic nitrogens is 3. The van der Waals surface area contributed by atoms with E-state index < -0.39 is 0 Å². The predicted octanol–water partition coefficient (Wildman–Crippen LogP) is 9.83. The van der Waals surface area contributed by atoms with Crippen LogP contribution in [0.1, 0.15) is 17.5 Å². The topological polar surface area (TPSA) is 46.3 Å². The Labute approximate surface area is 268 Å². The number of para-hydroxylation sites is 5. The molecule has 7 aromatic rings. The maximum atomic E-state index is 5.00. The number of fused-ring (bicyclic) bond motifs is 1. The van der Waals surface area contributed by atoms with Crippen LogP contribution in [0, 0.1) is 0 Å². The molecule has 0 aliphatic carbocycles. The summed E-state index contributed by atoms with van der Waals surface area (Å²) in [6.45, 7) is 0.626. The molecule has 8 rings (SSSR count). The van der Waals surface area contributed by atoms with Gasteiger partial charge in [0.25, 0.3) is 0 Å². The second kappa shape index (κ2) is 12.1. The van der Waals surface area contributed by atoms with Crippen molar-refractivity contribution < 1.29 is 0 Å². The largest absolute Gasteiger partial charge is 0.311 e.